The molecule has 0 heterocycles. The molecule has 0 aromatic rings. The van der Waals surface area contributed by atoms with Gasteiger partial charge in [0.15, 0.2) is 8.32 Å². The number of halogens is 1. The molecule has 23 heavy (non-hydrogen) atoms. The van der Waals surface area contributed by atoms with E-state index in [4.69, 9.17) is 4.43 Å². The van der Waals surface area contributed by atoms with Crippen molar-refractivity contribution in [3.8, 4) is 0 Å². The summed E-state index contributed by atoms with van der Waals surface area (Å²) in [6, 6.07) is 3.97. The molecule has 4 unspecified atom stereocenters. The van der Waals surface area contributed by atoms with Crippen LogP contribution in [0.4, 0.5) is 0 Å². The maximum absolute atomic E-state index is 11.8. The first-order valence-electron chi connectivity index (χ1n) is 9.91. The molecule has 0 saturated heterocycles. The lowest BCUT2D eigenvalue weighted by Crippen LogP contribution is -2.43. The highest BCUT2D eigenvalue weighted by atomic mass is 79.9. The summed E-state index contributed by atoms with van der Waals surface area (Å²) < 4.78 is 6.99. The number of carbonyl (C=O) groups excluding carboxylic acids is 1. The molecule has 0 bridgehead atoms. The molecule has 2 saturated carbocycles. The molecule has 0 amide bonds. The number of hydrogen-bond donors (Lipinski definition) is 0. The van der Waals surface area contributed by atoms with Gasteiger partial charge in [0.05, 0.1) is 6.10 Å². The third-order valence-corrected chi connectivity index (χ3v) is 11.8. The summed E-state index contributed by atoms with van der Waals surface area (Å²) in [6.07, 6.45) is 9.80. The van der Waals surface area contributed by atoms with Crippen LogP contribution in [0.1, 0.15) is 72.1 Å². The number of rotatable bonds is 11. The Labute approximate surface area is 152 Å². The summed E-state index contributed by atoms with van der Waals surface area (Å²) in [5.41, 5.74) is 0. The van der Waals surface area contributed by atoms with Gasteiger partial charge in [0, 0.05) is 17.2 Å². The molecule has 4 atom stereocenters. The average molecular weight is 403 g/mol. The zero-order chi connectivity index (χ0) is 16.9. The minimum absolute atomic E-state index is 0.300. The molecule has 0 aliphatic heterocycles. The van der Waals surface area contributed by atoms with Crippen LogP contribution in [-0.2, 0) is 9.22 Å². The molecule has 0 N–H and O–H groups in total. The first kappa shape index (κ1) is 19.6. The monoisotopic (exact) mass is 402 g/mol. The smallest absolute Gasteiger partial charge is 0.193 e. The molecular weight excluding hydrogens is 368 g/mol. The van der Waals surface area contributed by atoms with E-state index in [9.17, 15) is 4.79 Å². The van der Waals surface area contributed by atoms with Crippen molar-refractivity contribution in [2.24, 2.45) is 11.8 Å². The molecular formula is C19H35BrO2Si. The Bertz CT molecular complexity index is 366. The first-order chi connectivity index (χ1) is 11.1. The molecule has 2 rings (SSSR count). The quantitative estimate of drug-likeness (QED) is 0.308. The second-order valence-electron chi connectivity index (χ2n) is 7.77. The van der Waals surface area contributed by atoms with E-state index in [1.54, 1.807) is 0 Å². The molecule has 2 aliphatic rings. The fourth-order valence-corrected chi connectivity index (χ4v) is 10.4. The Morgan fingerprint density at radius 1 is 1.04 bits per heavy atom. The Kier molecular flexibility index (Phi) is 7.81. The van der Waals surface area contributed by atoms with Gasteiger partial charge < -0.3 is 4.43 Å². The van der Waals surface area contributed by atoms with Gasteiger partial charge in [-0.3, -0.25) is 4.79 Å². The number of unbranched alkanes of at least 4 members (excludes halogenated alkanes) is 3. The predicted octanol–water partition coefficient (Wildman–Crippen LogP) is 6.09. The van der Waals surface area contributed by atoms with Crippen molar-refractivity contribution in [3.63, 3.8) is 0 Å². The van der Waals surface area contributed by atoms with E-state index in [1.165, 1.54) is 56.7 Å². The molecule has 2 fully saturated rings. The number of carbonyl (C=O) groups is 1. The molecule has 0 aromatic carbocycles. The van der Waals surface area contributed by atoms with Gasteiger partial charge in [0.25, 0.3) is 0 Å². The van der Waals surface area contributed by atoms with Crippen molar-refractivity contribution in [2.45, 2.75) is 101 Å². The van der Waals surface area contributed by atoms with Gasteiger partial charge in [-0.1, -0.05) is 75.2 Å². The fourth-order valence-electron chi connectivity index (χ4n) is 4.38. The van der Waals surface area contributed by atoms with Crippen molar-refractivity contribution >= 4 is 30.0 Å². The van der Waals surface area contributed by atoms with Crippen molar-refractivity contribution in [1.29, 1.82) is 0 Å². The van der Waals surface area contributed by atoms with E-state index in [0.717, 1.165) is 12.8 Å². The van der Waals surface area contributed by atoms with E-state index >= 15 is 0 Å². The second-order valence-corrected chi connectivity index (χ2v) is 12.9. The van der Waals surface area contributed by atoms with E-state index in [2.05, 4.69) is 36.7 Å². The highest BCUT2D eigenvalue weighted by Gasteiger charge is 2.54. The second kappa shape index (κ2) is 9.14. The van der Waals surface area contributed by atoms with Crippen LogP contribution in [0, 0.1) is 11.8 Å². The normalized spacial score (nSPS) is 30.3. The van der Waals surface area contributed by atoms with Crippen LogP contribution in [0.15, 0.2) is 0 Å². The van der Waals surface area contributed by atoms with E-state index in [0.29, 0.717) is 28.6 Å². The Morgan fingerprint density at radius 3 is 1.96 bits per heavy atom. The van der Waals surface area contributed by atoms with E-state index in [1.807, 2.05) is 0 Å². The Hall–Kier alpha value is 0.327. The number of alkyl halides is 1. The lowest BCUT2D eigenvalue weighted by molar-refractivity contribution is -0.132. The highest BCUT2D eigenvalue weighted by molar-refractivity contribution is 9.09. The standard InChI is InChI=1S/C19H35BrO2Si/c1-4-7-10-23(11-8-5-2,12-9-6-3)22-18-14-15-16(19(18)20)13-17(15)21/h15-16,18-19H,4-14H2,1-3H3. The molecule has 2 nitrogen and oxygen atoms in total. The summed E-state index contributed by atoms with van der Waals surface area (Å²) in [5, 5.41) is 0. The van der Waals surface area contributed by atoms with Crippen LogP contribution < -0.4 is 0 Å². The largest absolute Gasteiger partial charge is 0.413 e. The third kappa shape index (κ3) is 4.69. The number of hydrogen-bond acceptors (Lipinski definition) is 2. The predicted molar refractivity (Wildman–Crippen MR) is 104 cm³/mol. The lowest BCUT2D eigenvalue weighted by atomic mass is 9.75. The van der Waals surface area contributed by atoms with Crippen molar-refractivity contribution in [2.75, 3.05) is 0 Å². The number of fused-ring (bicyclic) bond motifs is 1. The van der Waals surface area contributed by atoms with Crippen LogP contribution in [0.3, 0.4) is 0 Å². The van der Waals surface area contributed by atoms with Crippen LogP contribution in [0.25, 0.3) is 0 Å². The lowest BCUT2D eigenvalue weighted by Gasteiger charge is -2.36. The third-order valence-electron chi connectivity index (χ3n) is 5.98. The summed E-state index contributed by atoms with van der Waals surface area (Å²) in [7, 11) is -1.66. The molecule has 2 aliphatic carbocycles. The van der Waals surface area contributed by atoms with Gasteiger partial charge in [0.2, 0.25) is 0 Å². The molecule has 0 radical (unpaired) electrons. The Morgan fingerprint density at radius 2 is 1.57 bits per heavy atom. The number of Topliss-reactive ketones (excluding diaryl/α,β-unsaturated/α-hetero) is 1. The minimum atomic E-state index is -1.66. The van der Waals surface area contributed by atoms with E-state index in [-0.39, 0.29) is 0 Å². The van der Waals surface area contributed by atoms with Crippen LogP contribution >= 0.6 is 15.9 Å². The summed E-state index contributed by atoms with van der Waals surface area (Å²) in [4.78, 5) is 12.2. The van der Waals surface area contributed by atoms with Gasteiger partial charge in [0.1, 0.15) is 5.78 Å². The molecule has 134 valence electrons. The van der Waals surface area contributed by atoms with Gasteiger partial charge in [-0.25, -0.2) is 0 Å². The summed E-state index contributed by atoms with van der Waals surface area (Å²) in [6.45, 7) is 6.88. The summed E-state index contributed by atoms with van der Waals surface area (Å²) in [5.74, 6) is 1.34. The SMILES string of the molecule is CCCC[Si](CCCC)(CCCC)OC1CC2C(=O)CC2C1Br. The average Bonchev–Trinajstić information content (AvgIpc) is 2.80. The number of ketones is 1. The zero-order valence-corrected chi connectivity index (χ0v) is 17.9. The minimum Gasteiger partial charge on any atom is -0.413 e. The Balaban J connectivity index is 2.06. The highest BCUT2D eigenvalue weighted by Crippen LogP contribution is 2.50. The zero-order valence-electron chi connectivity index (χ0n) is 15.3. The van der Waals surface area contributed by atoms with Crippen LogP contribution in [0.2, 0.25) is 18.1 Å². The van der Waals surface area contributed by atoms with Gasteiger partial charge in [-0.2, -0.15) is 0 Å². The summed E-state index contributed by atoms with van der Waals surface area (Å²) >= 11 is 3.89. The van der Waals surface area contributed by atoms with Crippen LogP contribution in [-0.4, -0.2) is 25.0 Å². The molecule has 4 heteroatoms. The van der Waals surface area contributed by atoms with Gasteiger partial charge in [-0.15, -0.1) is 0 Å². The van der Waals surface area contributed by atoms with Crippen molar-refractivity contribution in [3.05, 3.63) is 0 Å². The first-order valence-corrected chi connectivity index (χ1v) is 13.4. The van der Waals surface area contributed by atoms with Gasteiger partial charge in [-0.05, 0) is 30.5 Å². The fraction of sp³-hybridized carbons (Fsp3) is 0.947. The topological polar surface area (TPSA) is 26.3 Å². The van der Waals surface area contributed by atoms with Crippen molar-refractivity contribution in [1.82, 2.24) is 0 Å². The molecule has 0 aromatic heterocycles. The van der Waals surface area contributed by atoms with Gasteiger partial charge >= 0.3 is 0 Å². The molecule has 0 spiro atoms. The van der Waals surface area contributed by atoms with Crippen LogP contribution in [0.5, 0.6) is 0 Å². The van der Waals surface area contributed by atoms with E-state index < -0.39 is 8.32 Å². The maximum Gasteiger partial charge on any atom is 0.193 e. The maximum atomic E-state index is 11.8. The van der Waals surface area contributed by atoms with Crippen molar-refractivity contribution < 1.29 is 9.22 Å².